The molecule has 152 valence electrons. The molecule has 2 atom stereocenters. The molecular formula is C19H25F2N5OS. The first kappa shape index (κ1) is 20.6. The zero-order valence-electron chi connectivity index (χ0n) is 15.5. The molecule has 0 radical (unpaired) electrons. The van der Waals surface area contributed by atoms with Crippen LogP contribution in [0.3, 0.4) is 0 Å². The molecule has 1 aromatic carbocycles. The maximum Gasteiger partial charge on any atom is 0.237 e. The summed E-state index contributed by atoms with van der Waals surface area (Å²) < 4.78 is 30.0. The first-order valence-corrected chi connectivity index (χ1v) is 9.80. The van der Waals surface area contributed by atoms with Crippen LogP contribution in [-0.4, -0.2) is 28.0 Å². The van der Waals surface area contributed by atoms with Crippen LogP contribution in [0.1, 0.15) is 42.1 Å². The highest BCUT2D eigenvalue weighted by molar-refractivity contribution is 7.71. The van der Waals surface area contributed by atoms with Crippen LogP contribution in [0.2, 0.25) is 0 Å². The van der Waals surface area contributed by atoms with Gasteiger partial charge < -0.3 is 26.3 Å². The van der Waals surface area contributed by atoms with E-state index in [1.54, 1.807) is 6.20 Å². The minimum absolute atomic E-state index is 0.0368. The van der Waals surface area contributed by atoms with Gasteiger partial charge in [-0.15, -0.1) is 0 Å². The highest BCUT2D eigenvalue weighted by Crippen LogP contribution is 2.32. The number of fused-ring (bicyclic) bond motifs is 1. The SMILES string of the molecule is NCCC[C@H](N)C(=O)NCc1c[nH]c(=S)n1C1CCc2c(F)cc(F)cc2C1. The van der Waals surface area contributed by atoms with E-state index in [-0.39, 0.29) is 18.5 Å². The van der Waals surface area contributed by atoms with Gasteiger partial charge in [0.2, 0.25) is 5.91 Å². The van der Waals surface area contributed by atoms with Crippen LogP contribution in [0.5, 0.6) is 0 Å². The van der Waals surface area contributed by atoms with Crippen molar-refractivity contribution < 1.29 is 13.6 Å². The smallest absolute Gasteiger partial charge is 0.237 e. The number of nitrogens with one attached hydrogen (secondary N) is 2. The molecule has 6 N–H and O–H groups in total. The quantitative estimate of drug-likeness (QED) is 0.527. The molecule has 3 rings (SSSR count). The van der Waals surface area contributed by atoms with Crippen molar-refractivity contribution in [3.05, 3.63) is 51.6 Å². The Kier molecular flexibility index (Phi) is 6.58. The van der Waals surface area contributed by atoms with Crippen LogP contribution in [0.25, 0.3) is 0 Å². The maximum atomic E-state index is 14.0. The Morgan fingerprint density at radius 2 is 2.21 bits per heavy atom. The second-order valence-corrected chi connectivity index (χ2v) is 7.52. The number of carbonyl (C=O) groups is 1. The molecule has 1 amide bonds. The second kappa shape index (κ2) is 8.93. The maximum absolute atomic E-state index is 14.0. The van der Waals surface area contributed by atoms with E-state index >= 15 is 0 Å². The number of H-pyrrole nitrogens is 1. The second-order valence-electron chi connectivity index (χ2n) is 7.13. The average Bonchev–Trinajstić information content (AvgIpc) is 3.03. The third-order valence-corrected chi connectivity index (χ3v) is 5.51. The van der Waals surface area contributed by atoms with E-state index in [0.717, 1.165) is 11.8 Å². The van der Waals surface area contributed by atoms with Crippen LogP contribution in [0, 0.1) is 16.4 Å². The lowest BCUT2D eigenvalue weighted by molar-refractivity contribution is -0.122. The summed E-state index contributed by atoms with van der Waals surface area (Å²) in [5.74, 6) is -1.32. The number of hydrogen-bond acceptors (Lipinski definition) is 4. The Bertz CT molecular complexity index is 910. The van der Waals surface area contributed by atoms with Gasteiger partial charge in [-0.1, -0.05) is 0 Å². The molecule has 1 aliphatic carbocycles. The van der Waals surface area contributed by atoms with E-state index in [1.165, 1.54) is 6.07 Å². The highest BCUT2D eigenvalue weighted by Gasteiger charge is 2.25. The first-order valence-electron chi connectivity index (χ1n) is 9.39. The van der Waals surface area contributed by atoms with E-state index in [1.807, 2.05) is 4.57 Å². The van der Waals surface area contributed by atoms with Gasteiger partial charge in [0.15, 0.2) is 4.77 Å². The molecule has 0 saturated carbocycles. The Balaban J connectivity index is 1.73. The van der Waals surface area contributed by atoms with Crippen molar-refractivity contribution in [2.24, 2.45) is 11.5 Å². The van der Waals surface area contributed by atoms with Gasteiger partial charge in [-0.05, 0) is 68.1 Å². The molecule has 1 heterocycles. The number of rotatable bonds is 7. The fourth-order valence-electron chi connectivity index (χ4n) is 3.73. The first-order chi connectivity index (χ1) is 13.4. The van der Waals surface area contributed by atoms with Gasteiger partial charge in [-0.25, -0.2) is 8.78 Å². The van der Waals surface area contributed by atoms with Crippen LogP contribution < -0.4 is 16.8 Å². The van der Waals surface area contributed by atoms with Crippen LogP contribution >= 0.6 is 12.2 Å². The topological polar surface area (TPSA) is 102 Å². The Labute approximate surface area is 167 Å². The molecular weight excluding hydrogens is 384 g/mol. The molecule has 0 fully saturated rings. The van der Waals surface area contributed by atoms with E-state index in [2.05, 4.69) is 10.3 Å². The predicted octanol–water partition coefficient (Wildman–Crippen LogP) is 2.24. The molecule has 0 aliphatic heterocycles. The summed E-state index contributed by atoms with van der Waals surface area (Å²) in [6, 6.07) is 1.67. The van der Waals surface area contributed by atoms with Crippen molar-refractivity contribution in [3.63, 3.8) is 0 Å². The minimum atomic E-state index is -0.605. The molecule has 0 spiro atoms. The number of hydrogen-bond donors (Lipinski definition) is 4. The summed E-state index contributed by atoms with van der Waals surface area (Å²) in [6.07, 6.45) is 4.62. The van der Waals surface area contributed by atoms with Gasteiger partial charge in [0.1, 0.15) is 11.6 Å². The minimum Gasteiger partial charge on any atom is -0.349 e. The van der Waals surface area contributed by atoms with Crippen molar-refractivity contribution in [1.29, 1.82) is 0 Å². The fourth-order valence-corrected chi connectivity index (χ4v) is 4.06. The van der Waals surface area contributed by atoms with Gasteiger partial charge in [0.05, 0.1) is 18.3 Å². The number of nitrogens with two attached hydrogens (primary N) is 2. The standard InChI is InChI=1S/C19H25F2N5OS/c20-12-6-11-7-13(3-4-15(11)16(21)8-12)26-14(10-25-19(26)28)9-24-18(27)17(23)2-1-5-22/h6,8,10,13,17H,1-5,7,9,22-23H2,(H,24,27)(H,25,28)/t13?,17-/m0/s1. The molecule has 2 aromatic rings. The number of amides is 1. The number of benzene rings is 1. The molecule has 1 unspecified atom stereocenters. The lowest BCUT2D eigenvalue weighted by atomic mass is 9.87. The van der Waals surface area contributed by atoms with Gasteiger partial charge in [-0.3, -0.25) is 4.79 Å². The number of nitrogens with zero attached hydrogens (tertiary/aromatic N) is 1. The predicted molar refractivity (Wildman–Crippen MR) is 105 cm³/mol. The Morgan fingerprint density at radius 1 is 1.43 bits per heavy atom. The van der Waals surface area contributed by atoms with Crippen LogP contribution in [-0.2, 0) is 24.2 Å². The van der Waals surface area contributed by atoms with E-state index in [4.69, 9.17) is 23.7 Å². The largest absolute Gasteiger partial charge is 0.349 e. The molecule has 6 nitrogen and oxygen atoms in total. The highest BCUT2D eigenvalue weighted by atomic mass is 32.1. The number of halogens is 2. The number of aromatic amines is 1. The Morgan fingerprint density at radius 3 is 2.96 bits per heavy atom. The molecule has 0 saturated heterocycles. The lowest BCUT2D eigenvalue weighted by Crippen LogP contribution is -2.40. The summed E-state index contributed by atoms with van der Waals surface area (Å²) >= 11 is 5.40. The van der Waals surface area contributed by atoms with Crippen molar-refractivity contribution in [1.82, 2.24) is 14.9 Å². The molecule has 9 heteroatoms. The monoisotopic (exact) mass is 409 g/mol. The lowest BCUT2D eigenvalue weighted by Gasteiger charge is -2.27. The van der Waals surface area contributed by atoms with Crippen LogP contribution in [0.15, 0.2) is 18.3 Å². The number of imidazole rings is 1. The number of carbonyl (C=O) groups excluding carboxylic acids is 1. The van der Waals surface area contributed by atoms with Crippen molar-refractivity contribution >= 4 is 18.1 Å². The zero-order chi connectivity index (χ0) is 20.3. The zero-order valence-corrected chi connectivity index (χ0v) is 16.3. The van der Waals surface area contributed by atoms with Crippen molar-refractivity contribution in [3.8, 4) is 0 Å². The summed E-state index contributed by atoms with van der Waals surface area (Å²) in [5, 5.41) is 2.83. The van der Waals surface area contributed by atoms with Gasteiger partial charge in [-0.2, -0.15) is 0 Å². The van der Waals surface area contributed by atoms with Gasteiger partial charge in [0, 0.05) is 18.3 Å². The number of aromatic nitrogens is 2. The third-order valence-electron chi connectivity index (χ3n) is 5.19. The summed E-state index contributed by atoms with van der Waals surface area (Å²) in [5.41, 5.74) is 13.3. The summed E-state index contributed by atoms with van der Waals surface area (Å²) in [6.45, 7) is 0.756. The van der Waals surface area contributed by atoms with E-state index in [0.29, 0.717) is 54.5 Å². The summed E-state index contributed by atoms with van der Waals surface area (Å²) in [7, 11) is 0. The third kappa shape index (κ3) is 4.48. The van der Waals surface area contributed by atoms with Crippen molar-refractivity contribution in [2.75, 3.05) is 6.54 Å². The molecule has 28 heavy (non-hydrogen) atoms. The molecule has 1 aromatic heterocycles. The Hall–Kier alpha value is -2.10. The van der Waals surface area contributed by atoms with E-state index in [9.17, 15) is 13.6 Å². The molecule has 1 aliphatic rings. The van der Waals surface area contributed by atoms with Crippen molar-refractivity contribution in [2.45, 2.75) is 50.7 Å². The van der Waals surface area contributed by atoms with Gasteiger partial charge >= 0.3 is 0 Å². The average molecular weight is 410 g/mol. The van der Waals surface area contributed by atoms with Gasteiger partial charge in [0.25, 0.3) is 0 Å². The summed E-state index contributed by atoms with van der Waals surface area (Å²) in [4.78, 5) is 15.1. The van der Waals surface area contributed by atoms with Crippen LogP contribution in [0.4, 0.5) is 8.78 Å². The normalized spacial score (nSPS) is 17.2. The fraction of sp³-hybridized carbons (Fsp3) is 0.474. The molecule has 0 bridgehead atoms. The van der Waals surface area contributed by atoms with E-state index < -0.39 is 17.7 Å².